The maximum absolute atomic E-state index is 8.93. The van der Waals surface area contributed by atoms with E-state index in [1.54, 1.807) is 0 Å². The van der Waals surface area contributed by atoms with Crippen molar-refractivity contribution in [2.75, 3.05) is 13.2 Å². The smallest absolute Gasteiger partial charge is 0.104 e. The molecule has 0 aromatic carbocycles. The van der Waals surface area contributed by atoms with Crippen molar-refractivity contribution in [1.29, 1.82) is 0 Å². The first kappa shape index (κ1) is 8.48. The number of fused-ring (bicyclic) bond motifs is 1. The van der Waals surface area contributed by atoms with E-state index < -0.39 is 0 Å². The zero-order valence-electron chi connectivity index (χ0n) is 7.41. The van der Waals surface area contributed by atoms with Crippen LogP contribution >= 0.6 is 0 Å². The van der Waals surface area contributed by atoms with Gasteiger partial charge in [-0.3, -0.25) is 4.84 Å². The molecule has 2 rings (SSSR count). The number of aliphatic hydroxyl groups excluding tert-OH is 1. The number of aliphatic hydroxyl groups is 1. The first-order chi connectivity index (χ1) is 5.90. The highest BCUT2D eigenvalue weighted by atomic mass is 16.7. The lowest BCUT2D eigenvalue weighted by atomic mass is 10.1. The van der Waals surface area contributed by atoms with Crippen LogP contribution < -0.4 is 0 Å². The van der Waals surface area contributed by atoms with Crippen molar-refractivity contribution in [3.63, 3.8) is 0 Å². The zero-order chi connectivity index (χ0) is 8.39. The average molecular weight is 171 g/mol. The van der Waals surface area contributed by atoms with Crippen LogP contribution in [-0.4, -0.2) is 35.5 Å². The van der Waals surface area contributed by atoms with Crippen LogP contribution in [0.15, 0.2) is 0 Å². The van der Waals surface area contributed by atoms with Gasteiger partial charge in [-0.1, -0.05) is 12.8 Å². The average Bonchev–Trinajstić information content (AvgIpc) is 2.37. The van der Waals surface area contributed by atoms with Crippen molar-refractivity contribution in [3.8, 4) is 0 Å². The molecular weight excluding hydrogens is 154 g/mol. The van der Waals surface area contributed by atoms with Gasteiger partial charge in [-0.25, -0.2) is 0 Å². The molecule has 0 unspecified atom stereocenters. The maximum atomic E-state index is 8.93. The molecule has 0 aromatic rings. The monoisotopic (exact) mass is 171 g/mol. The molecule has 0 aromatic heterocycles. The number of nitrogens with zero attached hydrogens (tertiary/aromatic N) is 1. The molecule has 2 aliphatic heterocycles. The lowest BCUT2D eigenvalue weighted by Crippen LogP contribution is -2.27. The SMILES string of the molecule is OC[C@H]1C[C@H]2CCCCCN2O1. The number of hydrogen-bond acceptors (Lipinski definition) is 3. The molecule has 0 spiro atoms. The Kier molecular flexibility index (Phi) is 2.63. The van der Waals surface area contributed by atoms with E-state index in [1.807, 2.05) is 0 Å². The van der Waals surface area contributed by atoms with Crippen molar-refractivity contribution in [3.05, 3.63) is 0 Å². The van der Waals surface area contributed by atoms with Gasteiger partial charge in [-0.05, 0) is 19.3 Å². The first-order valence-corrected chi connectivity index (χ1v) is 4.94. The molecule has 0 aliphatic carbocycles. The standard InChI is InChI=1S/C9H17NO2/c11-7-9-6-8-4-2-1-3-5-10(8)12-9/h8-9,11H,1-7H2/t8-,9-/m1/s1. The highest BCUT2D eigenvalue weighted by molar-refractivity contribution is 4.79. The van der Waals surface area contributed by atoms with Gasteiger partial charge in [0.1, 0.15) is 6.10 Å². The summed E-state index contributed by atoms with van der Waals surface area (Å²) in [7, 11) is 0. The molecule has 2 saturated heterocycles. The maximum Gasteiger partial charge on any atom is 0.104 e. The Morgan fingerprint density at radius 3 is 3.08 bits per heavy atom. The van der Waals surface area contributed by atoms with Crippen LogP contribution in [-0.2, 0) is 4.84 Å². The molecule has 2 heterocycles. The number of rotatable bonds is 1. The Labute approximate surface area is 73.3 Å². The molecule has 0 amide bonds. The highest BCUT2D eigenvalue weighted by Crippen LogP contribution is 2.27. The topological polar surface area (TPSA) is 32.7 Å². The summed E-state index contributed by atoms with van der Waals surface area (Å²) < 4.78 is 0. The zero-order valence-corrected chi connectivity index (χ0v) is 7.41. The van der Waals surface area contributed by atoms with Crippen molar-refractivity contribution >= 4 is 0 Å². The van der Waals surface area contributed by atoms with Gasteiger partial charge in [0.15, 0.2) is 0 Å². The van der Waals surface area contributed by atoms with Gasteiger partial charge >= 0.3 is 0 Å². The molecule has 70 valence electrons. The van der Waals surface area contributed by atoms with Crippen LogP contribution in [0.3, 0.4) is 0 Å². The van der Waals surface area contributed by atoms with Gasteiger partial charge in [-0.2, -0.15) is 5.06 Å². The Hall–Kier alpha value is -0.120. The Balaban J connectivity index is 1.92. The Morgan fingerprint density at radius 1 is 1.33 bits per heavy atom. The molecule has 0 bridgehead atoms. The van der Waals surface area contributed by atoms with Crippen LogP contribution in [0.5, 0.6) is 0 Å². The van der Waals surface area contributed by atoms with Crippen LogP contribution in [0.4, 0.5) is 0 Å². The molecule has 2 atom stereocenters. The largest absolute Gasteiger partial charge is 0.394 e. The van der Waals surface area contributed by atoms with E-state index in [0.29, 0.717) is 6.04 Å². The molecule has 12 heavy (non-hydrogen) atoms. The second kappa shape index (κ2) is 3.73. The van der Waals surface area contributed by atoms with E-state index in [-0.39, 0.29) is 12.7 Å². The van der Waals surface area contributed by atoms with E-state index in [2.05, 4.69) is 5.06 Å². The second-order valence-electron chi connectivity index (χ2n) is 3.79. The summed E-state index contributed by atoms with van der Waals surface area (Å²) in [6, 6.07) is 0.588. The Morgan fingerprint density at radius 2 is 2.25 bits per heavy atom. The molecule has 0 radical (unpaired) electrons. The highest BCUT2D eigenvalue weighted by Gasteiger charge is 2.33. The molecule has 2 fully saturated rings. The molecule has 1 N–H and O–H groups in total. The minimum Gasteiger partial charge on any atom is -0.394 e. The van der Waals surface area contributed by atoms with Gasteiger partial charge in [0.05, 0.1) is 6.61 Å². The minimum atomic E-state index is 0.0769. The third kappa shape index (κ3) is 1.63. The summed E-state index contributed by atoms with van der Waals surface area (Å²) >= 11 is 0. The predicted octanol–water partition coefficient (Wildman–Crippen LogP) is 0.927. The summed E-state index contributed by atoms with van der Waals surface area (Å²) in [4.78, 5) is 5.58. The summed E-state index contributed by atoms with van der Waals surface area (Å²) in [5.74, 6) is 0. The van der Waals surface area contributed by atoms with Crippen molar-refractivity contribution < 1.29 is 9.94 Å². The first-order valence-electron chi connectivity index (χ1n) is 4.94. The molecule has 0 saturated carbocycles. The summed E-state index contributed by atoms with van der Waals surface area (Å²) in [5.41, 5.74) is 0. The summed E-state index contributed by atoms with van der Waals surface area (Å²) in [6.07, 6.45) is 6.25. The molecule has 2 aliphatic rings. The van der Waals surface area contributed by atoms with E-state index >= 15 is 0 Å². The van der Waals surface area contributed by atoms with Gasteiger partial charge in [0.25, 0.3) is 0 Å². The third-order valence-electron chi connectivity index (χ3n) is 2.85. The van der Waals surface area contributed by atoms with E-state index in [9.17, 15) is 0 Å². The summed E-state index contributed by atoms with van der Waals surface area (Å²) in [5, 5.41) is 11.0. The van der Waals surface area contributed by atoms with Gasteiger partial charge in [0, 0.05) is 12.6 Å². The normalized spacial score (nSPS) is 37.8. The molecular formula is C9H17NO2. The summed E-state index contributed by atoms with van der Waals surface area (Å²) in [6.45, 7) is 1.23. The van der Waals surface area contributed by atoms with Crippen LogP contribution in [0.2, 0.25) is 0 Å². The van der Waals surface area contributed by atoms with Crippen molar-refractivity contribution in [2.24, 2.45) is 0 Å². The predicted molar refractivity (Wildman–Crippen MR) is 45.5 cm³/mol. The van der Waals surface area contributed by atoms with E-state index in [0.717, 1.165) is 13.0 Å². The fourth-order valence-electron chi connectivity index (χ4n) is 2.17. The van der Waals surface area contributed by atoms with Crippen LogP contribution in [0.1, 0.15) is 32.1 Å². The number of hydrogen-bond donors (Lipinski definition) is 1. The molecule has 3 heteroatoms. The van der Waals surface area contributed by atoms with Gasteiger partial charge in [0.2, 0.25) is 0 Å². The van der Waals surface area contributed by atoms with Crippen LogP contribution in [0, 0.1) is 0 Å². The fourth-order valence-corrected chi connectivity index (χ4v) is 2.17. The lowest BCUT2D eigenvalue weighted by molar-refractivity contribution is -0.168. The fraction of sp³-hybridized carbons (Fsp3) is 1.00. The van der Waals surface area contributed by atoms with E-state index in [4.69, 9.17) is 9.94 Å². The minimum absolute atomic E-state index is 0.0769. The van der Waals surface area contributed by atoms with Gasteiger partial charge < -0.3 is 5.11 Å². The molecule has 3 nitrogen and oxygen atoms in total. The van der Waals surface area contributed by atoms with E-state index in [1.165, 1.54) is 25.7 Å². The lowest BCUT2D eigenvalue weighted by Gasteiger charge is -2.18. The van der Waals surface area contributed by atoms with Crippen molar-refractivity contribution in [1.82, 2.24) is 5.06 Å². The van der Waals surface area contributed by atoms with Crippen molar-refractivity contribution in [2.45, 2.75) is 44.2 Å². The van der Waals surface area contributed by atoms with Gasteiger partial charge in [-0.15, -0.1) is 0 Å². The Bertz CT molecular complexity index is 137. The van der Waals surface area contributed by atoms with Crippen LogP contribution in [0.25, 0.3) is 0 Å². The third-order valence-corrected chi connectivity index (χ3v) is 2.85. The number of hydroxylamine groups is 2. The quantitative estimate of drug-likeness (QED) is 0.637. The second-order valence-corrected chi connectivity index (χ2v) is 3.79.